The van der Waals surface area contributed by atoms with Gasteiger partial charge >= 0.3 is 0 Å². The first-order valence-corrected chi connectivity index (χ1v) is 7.99. The van der Waals surface area contributed by atoms with Gasteiger partial charge in [-0.3, -0.25) is 0 Å². The van der Waals surface area contributed by atoms with Crippen LogP contribution in [-0.2, 0) is 13.1 Å². The summed E-state index contributed by atoms with van der Waals surface area (Å²) < 4.78 is 5.16. The SMILES string of the molecule is CCNC(=NCc1ccc(OC)cc1)NCc1ccccc1Cl.I. The number of nitrogens with zero attached hydrogens (tertiary/aromatic N) is 1. The summed E-state index contributed by atoms with van der Waals surface area (Å²) in [6.07, 6.45) is 0. The molecule has 0 radical (unpaired) electrons. The maximum Gasteiger partial charge on any atom is 0.191 e. The van der Waals surface area contributed by atoms with Gasteiger partial charge in [0.15, 0.2) is 5.96 Å². The lowest BCUT2D eigenvalue weighted by atomic mass is 10.2. The zero-order valence-corrected chi connectivity index (χ0v) is 17.0. The van der Waals surface area contributed by atoms with Crippen molar-refractivity contribution in [2.75, 3.05) is 13.7 Å². The minimum Gasteiger partial charge on any atom is -0.497 e. The van der Waals surface area contributed by atoms with Crippen LogP contribution in [0.3, 0.4) is 0 Å². The molecular formula is C18H23ClIN3O. The first-order chi connectivity index (χ1) is 11.2. The molecule has 2 rings (SSSR count). The van der Waals surface area contributed by atoms with E-state index in [4.69, 9.17) is 16.3 Å². The molecular weight excluding hydrogens is 437 g/mol. The van der Waals surface area contributed by atoms with Crippen LogP contribution in [0.4, 0.5) is 0 Å². The molecule has 0 fully saturated rings. The Morgan fingerprint density at radius 2 is 1.79 bits per heavy atom. The minimum atomic E-state index is 0. The van der Waals surface area contributed by atoms with E-state index in [-0.39, 0.29) is 24.0 Å². The molecule has 130 valence electrons. The van der Waals surface area contributed by atoms with Crippen molar-refractivity contribution in [2.24, 2.45) is 4.99 Å². The molecule has 0 aromatic heterocycles. The summed E-state index contributed by atoms with van der Waals surface area (Å²) in [5, 5.41) is 7.29. The largest absolute Gasteiger partial charge is 0.497 e. The number of ether oxygens (including phenoxy) is 1. The van der Waals surface area contributed by atoms with E-state index in [2.05, 4.69) is 15.6 Å². The van der Waals surface area contributed by atoms with Crippen LogP contribution in [0.2, 0.25) is 5.02 Å². The number of guanidine groups is 1. The van der Waals surface area contributed by atoms with Crippen LogP contribution in [0, 0.1) is 0 Å². The van der Waals surface area contributed by atoms with E-state index in [0.717, 1.165) is 34.4 Å². The first kappa shape index (κ1) is 20.6. The molecule has 0 heterocycles. The molecule has 0 atom stereocenters. The molecule has 6 heteroatoms. The molecule has 2 aromatic carbocycles. The number of hydrogen-bond acceptors (Lipinski definition) is 2. The third-order valence-corrected chi connectivity index (χ3v) is 3.70. The van der Waals surface area contributed by atoms with Gasteiger partial charge < -0.3 is 15.4 Å². The maximum atomic E-state index is 6.17. The van der Waals surface area contributed by atoms with Crippen molar-refractivity contribution in [1.29, 1.82) is 0 Å². The van der Waals surface area contributed by atoms with Crippen molar-refractivity contribution in [1.82, 2.24) is 10.6 Å². The number of aliphatic imine (C=N–C) groups is 1. The molecule has 0 amide bonds. The van der Waals surface area contributed by atoms with E-state index in [0.29, 0.717) is 13.1 Å². The molecule has 2 N–H and O–H groups in total. The highest BCUT2D eigenvalue weighted by atomic mass is 127. The molecule has 0 aliphatic rings. The van der Waals surface area contributed by atoms with Gasteiger partial charge in [-0.15, -0.1) is 24.0 Å². The quantitative estimate of drug-likeness (QED) is 0.386. The van der Waals surface area contributed by atoms with Crippen molar-refractivity contribution in [3.63, 3.8) is 0 Å². The van der Waals surface area contributed by atoms with Gasteiger partial charge in [-0.05, 0) is 36.2 Å². The van der Waals surface area contributed by atoms with E-state index < -0.39 is 0 Å². The average molecular weight is 460 g/mol. The molecule has 4 nitrogen and oxygen atoms in total. The lowest BCUT2D eigenvalue weighted by molar-refractivity contribution is 0.414. The molecule has 0 saturated heterocycles. The zero-order valence-electron chi connectivity index (χ0n) is 13.9. The van der Waals surface area contributed by atoms with Gasteiger partial charge in [0.1, 0.15) is 5.75 Å². The van der Waals surface area contributed by atoms with Gasteiger partial charge in [-0.25, -0.2) is 4.99 Å². The number of halogens is 2. The summed E-state index contributed by atoms with van der Waals surface area (Å²) in [6.45, 7) is 4.08. The molecule has 2 aromatic rings. The van der Waals surface area contributed by atoms with Crippen LogP contribution in [0.15, 0.2) is 53.5 Å². The molecule has 24 heavy (non-hydrogen) atoms. The van der Waals surface area contributed by atoms with Gasteiger partial charge in [-0.2, -0.15) is 0 Å². The summed E-state index contributed by atoms with van der Waals surface area (Å²) in [5.41, 5.74) is 2.17. The van der Waals surface area contributed by atoms with Gasteiger partial charge in [0.05, 0.1) is 13.7 Å². The number of hydrogen-bond donors (Lipinski definition) is 2. The van der Waals surface area contributed by atoms with E-state index in [9.17, 15) is 0 Å². The van der Waals surface area contributed by atoms with E-state index in [1.54, 1.807) is 7.11 Å². The highest BCUT2D eigenvalue weighted by Crippen LogP contribution is 2.14. The number of benzene rings is 2. The van der Waals surface area contributed by atoms with Crippen molar-refractivity contribution >= 4 is 41.5 Å². The highest BCUT2D eigenvalue weighted by molar-refractivity contribution is 14.0. The molecule has 0 aliphatic heterocycles. The van der Waals surface area contributed by atoms with Crippen LogP contribution < -0.4 is 15.4 Å². The average Bonchev–Trinajstić information content (AvgIpc) is 2.59. The van der Waals surface area contributed by atoms with Gasteiger partial charge in [0.2, 0.25) is 0 Å². The summed E-state index contributed by atoms with van der Waals surface area (Å²) in [6, 6.07) is 15.7. The van der Waals surface area contributed by atoms with E-state index >= 15 is 0 Å². The Balaban J connectivity index is 0.00000288. The van der Waals surface area contributed by atoms with Crippen LogP contribution in [0.1, 0.15) is 18.1 Å². The summed E-state index contributed by atoms with van der Waals surface area (Å²) >= 11 is 6.17. The summed E-state index contributed by atoms with van der Waals surface area (Å²) in [4.78, 5) is 4.59. The third kappa shape index (κ3) is 6.57. The predicted molar refractivity (Wildman–Crippen MR) is 112 cm³/mol. The fourth-order valence-corrected chi connectivity index (χ4v) is 2.27. The maximum absolute atomic E-state index is 6.17. The number of rotatable bonds is 6. The standard InChI is InChI=1S/C18H22ClN3O.HI/c1-3-20-18(22-13-15-6-4-5-7-17(15)19)21-12-14-8-10-16(23-2)11-9-14;/h4-11H,3,12-13H2,1-2H3,(H2,20,21,22);1H. The van der Waals surface area contributed by atoms with Crippen molar-refractivity contribution < 1.29 is 4.74 Å². The molecule has 0 spiro atoms. The van der Waals surface area contributed by atoms with Crippen LogP contribution in [0.25, 0.3) is 0 Å². The van der Waals surface area contributed by atoms with Gasteiger partial charge in [-0.1, -0.05) is 41.9 Å². The Morgan fingerprint density at radius 1 is 1.08 bits per heavy atom. The Hall–Kier alpha value is -1.47. The van der Waals surface area contributed by atoms with Gasteiger partial charge in [0, 0.05) is 18.1 Å². The van der Waals surface area contributed by atoms with Crippen molar-refractivity contribution in [3.05, 3.63) is 64.7 Å². The Morgan fingerprint density at radius 3 is 2.42 bits per heavy atom. The molecule has 0 saturated carbocycles. The second kappa shape index (κ2) is 11.1. The van der Waals surface area contributed by atoms with Gasteiger partial charge in [0.25, 0.3) is 0 Å². The third-order valence-electron chi connectivity index (χ3n) is 3.33. The van der Waals surface area contributed by atoms with Crippen molar-refractivity contribution in [2.45, 2.75) is 20.0 Å². The first-order valence-electron chi connectivity index (χ1n) is 7.61. The van der Waals surface area contributed by atoms with Crippen LogP contribution in [-0.4, -0.2) is 19.6 Å². The van der Waals surface area contributed by atoms with Crippen molar-refractivity contribution in [3.8, 4) is 5.75 Å². The minimum absolute atomic E-state index is 0. The topological polar surface area (TPSA) is 45.7 Å². The summed E-state index contributed by atoms with van der Waals surface area (Å²) in [5.74, 6) is 1.62. The summed E-state index contributed by atoms with van der Waals surface area (Å²) in [7, 11) is 1.66. The predicted octanol–water partition coefficient (Wildman–Crippen LogP) is 4.22. The van der Waals surface area contributed by atoms with Crippen LogP contribution >= 0.6 is 35.6 Å². The lowest BCUT2D eigenvalue weighted by Crippen LogP contribution is -2.36. The molecule has 0 bridgehead atoms. The Labute approximate surface area is 165 Å². The highest BCUT2D eigenvalue weighted by Gasteiger charge is 2.02. The monoisotopic (exact) mass is 459 g/mol. The smallest absolute Gasteiger partial charge is 0.191 e. The zero-order chi connectivity index (χ0) is 16.5. The number of nitrogens with one attached hydrogen (secondary N) is 2. The number of methoxy groups -OCH3 is 1. The molecule has 0 aliphatic carbocycles. The Kier molecular flexibility index (Phi) is 9.56. The van der Waals surface area contributed by atoms with Crippen LogP contribution in [0.5, 0.6) is 5.75 Å². The fraction of sp³-hybridized carbons (Fsp3) is 0.278. The Bertz CT molecular complexity index is 647. The fourth-order valence-electron chi connectivity index (χ4n) is 2.06. The second-order valence-corrected chi connectivity index (χ2v) is 5.40. The van der Waals surface area contributed by atoms with E-state index in [1.807, 2.05) is 55.5 Å². The lowest BCUT2D eigenvalue weighted by Gasteiger charge is -2.12. The normalized spacial score (nSPS) is 10.7. The second-order valence-electron chi connectivity index (χ2n) is 4.99. The molecule has 0 unspecified atom stereocenters. The van der Waals surface area contributed by atoms with E-state index in [1.165, 1.54) is 0 Å².